The number of likely N-dealkylation sites (tertiary alicyclic amines) is 1. The van der Waals surface area contributed by atoms with Crippen LogP contribution >= 0.6 is 11.8 Å². The second-order valence-electron chi connectivity index (χ2n) is 7.34. The smallest absolute Gasteiger partial charge is 0.139 e. The zero-order valence-electron chi connectivity index (χ0n) is 15.4. The second kappa shape index (κ2) is 7.12. The van der Waals surface area contributed by atoms with Crippen molar-refractivity contribution in [2.24, 2.45) is 0 Å². The van der Waals surface area contributed by atoms with Crippen molar-refractivity contribution in [2.75, 3.05) is 37.3 Å². The lowest BCUT2D eigenvalue weighted by atomic mass is 9.83. The fourth-order valence-electron chi connectivity index (χ4n) is 4.62. The van der Waals surface area contributed by atoms with Crippen LogP contribution in [0, 0.1) is 0 Å². The van der Waals surface area contributed by atoms with Crippen LogP contribution in [-0.4, -0.2) is 52.8 Å². The van der Waals surface area contributed by atoms with Crippen molar-refractivity contribution >= 4 is 28.5 Å². The van der Waals surface area contributed by atoms with Gasteiger partial charge in [0.05, 0.1) is 5.52 Å². The van der Waals surface area contributed by atoms with Gasteiger partial charge in [0.25, 0.3) is 0 Å². The molecule has 0 unspecified atom stereocenters. The van der Waals surface area contributed by atoms with Crippen molar-refractivity contribution in [3.05, 3.63) is 24.5 Å². The lowest BCUT2D eigenvalue weighted by Gasteiger charge is -2.47. The highest BCUT2D eigenvalue weighted by atomic mass is 32.2. The molecule has 0 saturated carbocycles. The number of hydrogen-bond acceptors (Lipinski definition) is 5. The molecule has 4 nitrogen and oxygen atoms in total. The van der Waals surface area contributed by atoms with Crippen molar-refractivity contribution < 1.29 is 0 Å². The number of hydrogen-bond donors (Lipinski definition) is 0. The molecule has 5 heteroatoms. The number of aromatic nitrogens is 2. The number of rotatable bonds is 4. The minimum Gasteiger partial charge on any atom is -0.356 e. The maximum Gasteiger partial charge on any atom is 0.139 e. The van der Waals surface area contributed by atoms with Crippen LogP contribution < -0.4 is 4.90 Å². The number of benzene rings is 1. The largest absolute Gasteiger partial charge is 0.356 e. The Morgan fingerprint density at radius 1 is 1.08 bits per heavy atom. The summed E-state index contributed by atoms with van der Waals surface area (Å²) in [7, 11) is 0. The Kier molecular flexibility index (Phi) is 4.87. The van der Waals surface area contributed by atoms with Crippen LogP contribution in [0.4, 0.5) is 5.82 Å². The van der Waals surface area contributed by atoms with E-state index in [0.29, 0.717) is 5.54 Å². The number of fused-ring (bicyclic) bond motifs is 1. The van der Waals surface area contributed by atoms with Gasteiger partial charge in [0.1, 0.15) is 12.1 Å². The first-order chi connectivity index (χ1) is 12.3. The van der Waals surface area contributed by atoms with Crippen LogP contribution in [0.3, 0.4) is 0 Å². The van der Waals surface area contributed by atoms with E-state index in [1.165, 1.54) is 55.5 Å². The van der Waals surface area contributed by atoms with E-state index in [1.807, 2.05) is 0 Å². The maximum absolute atomic E-state index is 4.67. The zero-order valence-corrected chi connectivity index (χ0v) is 16.2. The van der Waals surface area contributed by atoms with E-state index in [2.05, 4.69) is 51.1 Å². The standard InChI is InChI=1S/C20H28N4S/c1-3-20(24-10-4-5-11-24)8-12-23(13-9-20)19-17-14-16(25-2)6-7-18(17)21-15-22-19/h6-7,14-15H,3-5,8-13H2,1-2H3. The highest BCUT2D eigenvalue weighted by Crippen LogP contribution is 2.37. The molecule has 2 aromatic rings. The van der Waals surface area contributed by atoms with Crippen molar-refractivity contribution in [3.8, 4) is 0 Å². The quantitative estimate of drug-likeness (QED) is 0.767. The summed E-state index contributed by atoms with van der Waals surface area (Å²) in [5.74, 6) is 1.12. The topological polar surface area (TPSA) is 32.3 Å². The summed E-state index contributed by atoms with van der Waals surface area (Å²) in [4.78, 5) is 15.7. The Bertz CT molecular complexity index is 734. The van der Waals surface area contributed by atoms with Crippen LogP contribution in [0.15, 0.2) is 29.4 Å². The number of nitrogens with zero attached hydrogens (tertiary/aromatic N) is 4. The molecule has 0 bridgehead atoms. The van der Waals surface area contributed by atoms with E-state index in [4.69, 9.17) is 0 Å². The molecule has 0 spiro atoms. The predicted octanol–water partition coefficient (Wildman–Crippen LogP) is 4.20. The van der Waals surface area contributed by atoms with Gasteiger partial charge in [-0.3, -0.25) is 4.90 Å². The molecule has 134 valence electrons. The summed E-state index contributed by atoms with van der Waals surface area (Å²) in [6.07, 6.45) is 10.4. The van der Waals surface area contributed by atoms with Gasteiger partial charge in [-0.05, 0) is 69.6 Å². The molecule has 0 atom stereocenters. The highest BCUT2D eigenvalue weighted by Gasteiger charge is 2.39. The molecule has 0 aliphatic carbocycles. The summed E-state index contributed by atoms with van der Waals surface area (Å²) < 4.78 is 0. The molecule has 0 radical (unpaired) electrons. The average Bonchev–Trinajstić information content (AvgIpc) is 3.22. The average molecular weight is 357 g/mol. The van der Waals surface area contributed by atoms with E-state index in [0.717, 1.165) is 24.4 Å². The molecule has 4 rings (SSSR count). The first-order valence-electron chi connectivity index (χ1n) is 9.54. The Hall–Kier alpha value is -1.33. The molecular formula is C20H28N4S. The predicted molar refractivity (Wildman–Crippen MR) is 107 cm³/mol. The molecule has 2 aliphatic heterocycles. The van der Waals surface area contributed by atoms with E-state index >= 15 is 0 Å². The summed E-state index contributed by atoms with van der Waals surface area (Å²) in [5, 5.41) is 1.19. The third-order valence-electron chi connectivity index (χ3n) is 6.25. The van der Waals surface area contributed by atoms with Crippen LogP contribution in [0.25, 0.3) is 10.9 Å². The number of anilines is 1. The van der Waals surface area contributed by atoms with E-state index < -0.39 is 0 Å². The van der Waals surface area contributed by atoms with Gasteiger partial charge in [-0.2, -0.15) is 0 Å². The molecule has 25 heavy (non-hydrogen) atoms. The third kappa shape index (κ3) is 3.13. The van der Waals surface area contributed by atoms with Gasteiger partial charge in [0, 0.05) is 28.9 Å². The van der Waals surface area contributed by atoms with Crippen molar-refractivity contribution in [2.45, 2.75) is 49.5 Å². The van der Waals surface area contributed by atoms with Gasteiger partial charge in [-0.25, -0.2) is 9.97 Å². The van der Waals surface area contributed by atoms with Crippen molar-refractivity contribution in [1.82, 2.24) is 14.9 Å². The molecule has 2 aliphatic rings. The Morgan fingerprint density at radius 2 is 1.84 bits per heavy atom. The molecule has 1 aromatic heterocycles. The van der Waals surface area contributed by atoms with Gasteiger partial charge in [0.2, 0.25) is 0 Å². The highest BCUT2D eigenvalue weighted by molar-refractivity contribution is 7.98. The van der Waals surface area contributed by atoms with Crippen molar-refractivity contribution in [1.29, 1.82) is 0 Å². The normalized spacial score (nSPS) is 21.1. The first kappa shape index (κ1) is 17.1. The van der Waals surface area contributed by atoms with E-state index in [9.17, 15) is 0 Å². The summed E-state index contributed by atoms with van der Waals surface area (Å²) in [6, 6.07) is 6.52. The molecular weight excluding hydrogens is 328 g/mol. The molecule has 0 N–H and O–H groups in total. The molecule has 1 aromatic carbocycles. The minimum absolute atomic E-state index is 0.417. The first-order valence-corrected chi connectivity index (χ1v) is 10.8. The van der Waals surface area contributed by atoms with Gasteiger partial charge in [-0.1, -0.05) is 6.92 Å². The molecule has 2 saturated heterocycles. The van der Waals surface area contributed by atoms with Crippen LogP contribution in [0.2, 0.25) is 0 Å². The second-order valence-corrected chi connectivity index (χ2v) is 8.22. The fourth-order valence-corrected chi connectivity index (χ4v) is 5.06. The van der Waals surface area contributed by atoms with E-state index in [1.54, 1.807) is 18.1 Å². The lowest BCUT2D eigenvalue weighted by molar-refractivity contribution is 0.0824. The lowest BCUT2D eigenvalue weighted by Crippen LogP contribution is -2.54. The summed E-state index contributed by atoms with van der Waals surface area (Å²) >= 11 is 1.78. The Morgan fingerprint density at radius 3 is 2.52 bits per heavy atom. The number of piperidine rings is 1. The SMILES string of the molecule is CCC1(N2CCCC2)CCN(c2ncnc3ccc(SC)cc23)CC1. The van der Waals surface area contributed by atoms with Crippen molar-refractivity contribution in [3.63, 3.8) is 0 Å². The Labute approximate surface area is 155 Å². The minimum atomic E-state index is 0.417. The monoisotopic (exact) mass is 356 g/mol. The van der Waals surface area contributed by atoms with Crippen LogP contribution in [-0.2, 0) is 0 Å². The van der Waals surface area contributed by atoms with Crippen LogP contribution in [0.1, 0.15) is 39.0 Å². The third-order valence-corrected chi connectivity index (χ3v) is 6.98. The Balaban J connectivity index is 1.59. The zero-order chi connectivity index (χ0) is 17.3. The van der Waals surface area contributed by atoms with Gasteiger partial charge in [0.15, 0.2) is 0 Å². The molecule has 0 amide bonds. The fraction of sp³-hybridized carbons (Fsp3) is 0.600. The van der Waals surface area contributed by atoms with Gasteiger partial charge in [-0.15, -0.1) is 11.8 Å². The number of thioether (sulfide) groups is 1. The van der Waals surface area contributed by atoms with Crippen LogP contribution in [0.5, 0.6) is 0 Å². The summed E-state index contributed by atoms with van der Waals surface area (Å²) in [6.45, 7) is 7.15. The summed E-state index contributed by atoms with van der Waals surface area (Å²) in [5.41, 5.74) is 1.47. The van der Waals surface area contributed by atoms with Gasteiger partial charge >= 0.3 is 0 Å². The van der Waals surface area contributed by atoms with Gasteiger partial charge < -0.3 is 4.90 Å². The molecule has 2 fully saturated rings. The van der Waals surface area contributed by atoms with E-state index in [-0.39, 0.29) is 0 Å². The maximum atomic E-state index is 4.67. The molecule has 3 heterocycles.